The normalized spacial score (nSPS) is 19.0. The molecule has 1 N–H and O–H groups in total. The van der Waals surface area contributed by atoms with Crippen LogP contribution in [0.25, 0.3) is 0 Å². The van der Waals surface area contributed by atoms with Crippen LogP contribution in [0.4, 0.5) is 0 Å². The summed E-state index contributed by atoms with van der Waals surface area (Å²) in [6.45, 7) is 3.66. The maximum Gasteiger partial charge on any atom is 0.149 e. The molecule has 0 amide bonds. The van der Waals surface area contributed by atoms with Gasteiger partial charge in [0.25, 0.3) is 0 Å². The Morgan fingerprint density at radius 2 is 2.33 bits per heavy atom. The van der Waals surface area contributed by atoms with Crippen LogP contribution in [0.2, 0.25) is 0 Å². The molecule has 0 bridgehead atoms. The molecular formula is C12H22N4OS. The number of methoxy groups -OCH3 is 1. The first-order valence-corrected chi connectivity index (χ1v) is 7.67. The highest BCUT2D eigenvalue weighted by Gasteiger charge is 2.19. The molecule has 1 saturated heterocycles. The molecular weight excluding hydrogens is 248 g/mol. The van der Waals surface area contributed by atoms with E-state index in [2.05, 4.69) is 27.0 Å². The lowest BCUT2D eigenvalue weighted by atomic mass is 10.1. The minimum atomic E-state index is 0.248. The second-order valence-electron chi connectivity index (χ2n) is 4.65. The van der Waals surface area contributed by atoms with Crippen LogP contribution in [0.1, 0.15) is 31.6 Å². The molecule has 1 aliphatic rings. The molecule has 18 heavy (non-hydrogen) atoms. The summed E-state index contributed by atoms with van der Waals surface area (Å²) < 4.78 is 7.17. The van der Waals surface area contributed by atoms with Crippen molar-refractivity contribution in [1.29, 1.82) is 0 Å². The summed E-state index contributed by atoms with van der Waals surface area (Å²) in [5, 5.41) is 11.9. The van der Waals surface area contributed by atoms with Crippen molar-refractivity contribution in [2.24, 2.45) is 0 Å². The van der Waals surface area contributed by atoms with Crippen LogP contribution in [0, 0.1) is 0 Å². The second kappa shape index (κ2) is 7.11. The van der Waals surface area contributed by atoms with Gasteiger partial charge in [-0.05, 0) is 31.3 Å². The van der Waals surface area contributed by atoms with Gasteiger partial charge in [0.2, 0.25) is 0 Å². The van der Waals surface area contributed by atoms with Gasteiger partial charge in [0, 0.05) is 19.7 Å². The summed E-state index contributed by atoms with van der Waals surface area (Å²) in [5.74, 6) is 3.53. The highest BCUT2D eigenvalue weighted by Crippen LogP contribution is 2.20. The predicted octanol–water partition coefficient (Wildman–Crippen LogP) is 1.47. The maximum atomic E-state index is 5.10. The van der Waals surface area contributed by atoms with Crippen molar-refractivity contribution in [3.05, 3.63) is 12.2 Å². The molecule has 0 aliphatic carbocycles. The van der Waals surface area contributed by atoms with Crippen LogP contribution >= 0.6 is 11.8 Å². The van der Waals surface area contributed by atoms with E-state index in [4.69, 9.17) is 4.74 Å². The van der Waals surface area contributed by atoms with Gasteiger partial charge in [0.15, 0.2) is 0 Å². The topological polar surface area (TPSA) is 52.0 Å². The zero-order valence-corrected chi connectivity index (χ0v) is 11.9. The van der Waals surface area contributed by atoms with E-state index in [1.807, 2.05) is 11.8 Å². The Kier molecular flexibility index (Phi) is 5.46. The van der Waals surface area contributed by atoms with Gasteiger partial charge >= 0.3 is 0 Å². The molecule has 2 heterocycles. The minimum absolute atomic E-state index is 0.248. The summed E-state index contributed by atoms with van der Waals surface area (Å²) in [6.07, 6.45) is 4.28. The van der Waals surface area contributed by atoms with Gasteiger partial charge in [0.05, 0.1) is 12.6 Å². The molecule has 1 aromatic rings. The lowest BCUT2D eigenvalue weighted by Crippen LogP contribution is -2.35. The van der Waals surface area contributed by atoms with Gasteiger partial charge in [-0.1, -0.05) is 0 Å². The first-order chi connectivity index (χ1) is 8.81. The third-order valence-corrected chi connectivity index (χ3v) is 4.32. The molecule has 6 heteroatoms. The molecule has 1 aromatic heterocycles. The van der Waals surface area contributed by atoms with E-state index in [0.29, 0.717) is 12.6 Å². The summed E-state index contributed by atoms with van der Waals surface area (Å²) in [4.78, 5) is 0. The fraction of sp³-hybridized carbons (Fsp3) is 0.833. The quantitative estimate of drug-likeness (QED) is 0.848. The largest absolute Gasteiger partial charge is 0.383 e. The van der Waals surface area contributed by atoms with E-state index in [1.54, 1.807) is 13.4 Å². The van der Waals surface area contributed by atoms with E-state index in [-0.39, 0.29) is 6.04 Å². The molecule has 5 nitrogen and oxygen atoms in total. The van der Waals surface area contributed by atoms with Gasteiger partial charge in [-0.25, -0.2) is 0 Å². The third kappa shape index (κ3) is 3.70. The zero-order chi connectivity index (χ0) is 12.8. The van der Waals surface area contributed by atoms with E-state index in [1.165, 1.54) is 24.3 Å². The Morgan fingerprint density at radius 1 is 1.56 bits per heavy atom. The van der Waals surface area contributed by atoms with Crippen molar-refractivity contribution < 1.29 is 4.74 Å². The van der Waals surface area contributed by atoms with Crippen LogP contribution in [0.3, 0.4) is 0 Å². The molecule has 0 unspecified atom stereocenters. The summed E-state index contributed by atoms with van der Waals surface area (Å²) in [6, 6.07) is 0.867. The zero-order valence-electron chi connectivity index (χ0n) is 11.1. The Hall–Kier alpha value is -0.590. The molecule has 0 saturated carbocycles. The lowest BCUT2D eigenvalue weighted by molar-refractivity contribution is 0.185. The summed E-state index contributed by atoms with van der Waals surface area (Å²) >= 11 is 2.05. The number of nitrogens with one attached hydrogen (secondary N) is 1. The van der Waals surface area contributed by atoms with Gasteiger partial charge in [0.1, 0.15) is 12.2 Å². The van der Waals surface area contributed by atoms with Crippen molar-refractivity contribution in [3.63, 3.8) is 0 Å². The fourth-order valence-electron chi connectivity index (χ4n) is 2.25. The number of hydrogen-bond donors (Lipinski definition) is 1. The van der Waals surface area contributed by atoms with Crippen molar-refractivity contribution in [3.8, 4) is 0 Å². The number of nitrogens with zero attached hydrogens (tertiary/aromatic N) is 3. The predicted molar refractivity (Wildman–Crippen MR) is 73.8 cm³/mol. The molecule has 0 radical (unpaired) electrons. The van der Waals surface area contributed by atoms with Crippen molar-refractivity contribution in [2.75, 3.05) is 25.2 Å². The number of rotatable bonds is 6. The number of ether oxygens (including phenoxy) is 1. The highest BCUT2D eigenvalue weighted by molar-refractivity contribution is 7.99. The molecule has 0 aromatic carbocycles. The second-order valence-corrected chi connectivity index (χ2v) is 5.88. The molecule has 0 spiro atoms. The maximum absolute atomic E-state index is 5.10. The van der Waals surface area contributed by atoms with Crippen LogP contribution in [0.5, 0.6) is 0 Å². The van der Waals surface area contributed by atoms with Crippen molar-refractivity contribution in [1.82, 2.24) is 20.1 Å². The Balaban J connectivity index is 1.90. The van der Waals surface area contributed by atoms with Crippen LogP contribution in [-0.2, 0) is 11.3 Å². The molecule has 1 atom stereocenters. The number of aromatic nitrogens is 3. The molecule has 102 valence electrons. The fourth-order valence-corrected chi connectivity index (χ4v) is 3.36. The number of hydrogen-bond acceptors (Lipinski definition) is 5. The van der Waals surface area contributed by atoms with Gasteiger partial charge in [-0.3, -0.25) is 0 Å². The molecule has 1 aliphatic heterocycles. The van der Waals surface area contributed by atoms with Gasteiger partial charge in [-0.2, -0.15) is 11.8 Å². The summed E-state index contributed by atoms with van der Waals surface area (Å²) in [7, 11) is 1.71. The lowest BCUT2D eigenvalue weighted by Gasteiger charge is -2.26. The standard InChI is InChI=1S/C12H22N4OS/c1-10(14-11-3-7-18-8-4-11)12-15-13-9-16(12)5-6-17-2/h9-11,14H,3-8H2,1-2H3/t10-/m0/s1. The average molecular weight is 270 g/mol. The Morgan fingerprint density at radius 3 is 3.06 bits per heavy atom. The Labute approximate surface area is 113 Å². The monoisotopic (exact) mass is 270 g/mol. The Bertz CT molecular complexity index is 352. The first kappa shape index (κ1) is 13.8. The van der Waals surface area contributed by atoms with E-state index < -0.39 is 0 Å². The van der Waals surface area contributed by atoms with Gasteiger partial charge in [-0.15, -0.1) is 10.2 Å². The van der Waals surface area contributed by atoms with Crippen LogP contribution in [-0.4, -0.2) is 46.0 Å². The van der Waals surface area contributed by atoms with E-state index in [0.717, 1.165) is 12.4 Å². The SMILES string of the molecule is COCCn1cnnc1[C@H](C)NC1CCSCC1. The van der Waals surface area contributed by atoms with E-state index in [9.17, 15) is 0 Å². The van der Waals surface area contributed by atoms with E-state index >= 15 is 0 Å². The van der Waals surface area contributed by atoms with Crippen LogP contribution in [0.15, 0.2) is 6.33 Å². The molecule has 1 fully saturated rings. The number of thioether (sulfide) groups is 1. The smallest absolute Gasteiger partial charge is 0.149 e. The average Bonchev–Trinajstić information content (AvgIpc) is 2.86. The third-order valence-electron chi connectivity index (χ3n) is 3.28. The minimum Gasteiger partial charge on any atom is -0.383 e. The molecule has 2 rings (SSSR count). The highest BCUT2D eigenvalue weighted by atomic mass is 32.2. The first-order valence-electron chi connectivity index (χ1n) is 6.51. The van der Waals surface area contributed by atoms with Gasteiger partial charge < -0.3 is 14.6 Å². The summed E-state index contributed by atoms with van der Waals surface area (Å²) in [5.41, 5.74) is 0. The van der Waals surface area contributed by atoms with Crippen molar-refractivity contribution in [2.45, 2.75) is 38.4 Å². The van der Waals surface area contributed by atoms with Crippen molar-refractivity contribution >= 4 is 11.8 Å². The van der Waals surface area contributed by atoms with Crippen LogP contribution < -0.4 is 5.32 Å².